The van der Waals surface area contributed by atoms with Crippen LogP contribution in [-0.4, -0.2) is 5.88 Å². The number of aryl methyl sites for hydroxylation is 2. The Kier molecular flexibility index (Phi) is 5.51. The van der Waals surface area contributed by atoms with Crippen LogP contribution >= 0.6 is 23.2 Å². The maximum absolute atomic E-state index is 6.14. The van der Waals surface area contributed by atoms with Crippen LogP contribution in [0.3, 0.4) is 0 Å². The fourth-order valence-electron chi connectivity index (χ4n) is 2.40. The van der Waals surface area contributed by atoms with Gasteiger partial charge in [-0.1, -0.05) is 41.9 Å². The Morgan fingerprint density at radius 2 is 1.45 bits per heavy atom. The lowest BCUT2D eigenvalue weighted by molar-refractivity contribution is 0.584. The minimum atomic E-state index is 0.458. The zero-order valence-corrected chi connectivity index (χ0v) is 13.5. The van der Waals surface area contributed by atoms with Gasteiger partial charge in [-0.05, 0) is 67.0 Å². The smallest absolute Gasteiger partial charge is 0.0406 e. The summed E-state index contributed by atoms with van der Waals surface area (Å²) in [6.07, 6.45) is 2.01. The van der Waals surface area contributed by atoms with Gasteiger partial charge in [-0.3, -0.25) is 0 Å². The fourth-order valence-corrected chi connectivity index (χ4v) is 2.74. The molecule has 0 bridgehead atoms. The van der Waals surface area contributed by atoms with Gasteiger partial charge in [0.1, 0.15) is 0 Å². The highest BCUT2D eigenvalue weighted by Crippen LogP contribution is 2.19. The van der Waals surface area contributed by atoms with Crippen LogP contribution in [0.15, 0.2) is 42.5 Å². The van der Waals surface area contributed by atoms with E-state index in [9.17, 15) is 0 Å². The number of halogens is 2. The molecule has 0 heterocycles. The Balaban J connectivity index is 2.04. The van der Waals surface area contributed by atoms with Crippen molar-refractivity contribution >= 4 is 23.2 Å². The molecule has 0 radical (unpaired) electrons. The van der Waals surface area contributed by atoms with Gasteiger partial charge < -0.3 is 0 Å². The number of hydrogen-bond donors (Lipinski definition) is 0. The van der Waals surface area contributed by atoms with Gasteiger partial charge in [0.25, 0.3) is 0 Å². The quantitative estimate of drug-likeness (QED) is 0.631. The molecule has 0 aliphatic carbocycles. The molecule has 2 rings (SSSR count). The number of rotatable bonds is 5. The second kappa shape index (κ2) is 7.15. The molecular weight excluding hydrogens is 287 g/mol. The summed E-state index contributed by atoms with van der Waals surface area (Å²) >= 11 is 12.1. The van der Waals surface area contributed by atoms with Gasteiger partial charge in [0, 0.05) is 10.9 Å². The third kappa shape index (κ3) is 4.26. The van der Waals surface area contributed by atoms with Crippen molar-refractivity contribution in [3.05, 3.63) is 69.7 Å². The second-order valence-corrected chi connectivity index (χ2v) is 6.22. The van der Waals surface area contributed by atoms with Crippen LogP contribution < -0.4 is 0 Å². The van der Waals surface area contributed by atoms with Crippen molar-refractivity contribution in [2.45, 2.75) is 26.7 Å². The molecule has 0 saturated heterocycles. The first-order chi connectivity index (χ1) is 9.58. The highest BCUT2D eigenvalue weighted by atomic mass is 35.5. The Labute approximate surface area is 131 Å². The van der Waals surface area contributed by atoms with Crippen LogP contribution in [0.5, 0.6) is 0 Å². The highest BCUT2D eigenvalue weighted by molar-refractivity contribution is 6.30. The van der Waals surface area contributed by atoms with Crippen molar-refractivity contribution in [1.29, 1.82) is 0 Å². The summed E-state index contributed by atoms with van der Waals surface area (Å²) in [5.41, 5.74) is 5.35. The normalized spacial score (nSPS) is 12.4. The number of hydrogen-bond acceptors (Lipinski definition) is 0. The third-order valence-electron chi connectivity index (χ3n) is 3.75. The van der Waals surface area contributed by atoms with E-state index in [1.807, 2.05) is 12.1 Å². The lowest BCUT2D eigenvalue weighted by Gasteiger charge is -2.15. The summed E-state index contributed by atoms with van der Waals surface area (Å²) in [5, 5.41) is 0.783. The molecular formula is C18H20Cl2. The van der Waals surface area contributed by atoms with Crippen LogP contribution in [0, 0.1) is 19.8 Å². The Morgan fingerprint density at radius 3 is 2.05 bits per heavy atom. The third-order valence-corrected chi connectivity index (χ3v) is 4.44. The van der Waals surface area contributed by atoms with E-state index in [-0.39, 0.29) is 0 Å². The van der Waals surface area contributed by atoms with Crippen molar-refractivity contribution in [3.8, 4) is 0 Å². The van der Waals surface area contributed by atoms with Crippen molar-refractivity contribution in [2.24, 2.45) is 5.92 Å². The molecule has 0 aliphatic rings. The second-order valence-electron chi connectivity index (χ2n) is 5.47. The van der Waals surface area contributed by atoms with Crippen molar-refractivity contribution in [1.82, 2.24) is 0 Å². The first kappa shape index (κ1) is 15.4. The molecule has 0 N–H and O–H groups in total. The summed E-state index contributed by atoms with van der Waals surface area (Å²) < 4.78 is 0. The molecule has 1 unspecified atom stereocenters. The molecule has 1 atom stereocenters. The van der Waals surface area contributed by atoms with Gasteiger partial charge in [-0.15, -0.1) is 11.6 Å². The number of benzene rings is 2. The van der Waals surface area contributed by atoms with E-state index in [1.54, 1.807) is 0 Å². The Bertz CT molecular complexity index is 558. The molecule has 0 aromatic heterocycles. The Hall–Kier alpha value is -0.980. The van der Waals surface area contributed by atoms with E-state index in [1.165, 1.54) is 22.3 Å². The van der Waals surface area contributed by atoms with E-state index in [2.05, 4.69) is 44.2 Å². The van der Waals surface area contributed by atoms with Crippen molar-refractivity contribution in [2.75, 3.05) is 5.88 Å². The summed E-state index contributed by atoms with van der Waals surface area (Å²) in [6, 6.07) is 14.7. The van der Waals surface area contributed by atoms with Gasteiger partial charge in [0.2, 0.25) is 0 Å². The van der Waals surface area contributed by atoms with Crippen LogP contribution in [0.25, 0.3) is 0 Å². The summed E-state index contributed by atoms with van der Waals surface area (Å²) in [4.78, 5) is 0. The van der Waals surface area contributed by atoms with Gasteiger partial charge in [0.05, 0.1) is 0 Å². The van der Waals surface area contributed by atoms with Crippen molar-refractivity contribution in [3.63, 3.8) is 0 Å². The molecule has 0 amide bonds. The molecule has 0 saturated carbocycles. The van der Waals surface area contributed by atoms with E-state index in [4.69, 9.17) is 23.2 Å². The SMILES string of the molecule is Cc1ccc(CC(CCl)Cc2ccc(Cl)cc2)cc1C. The van der Waals surface area contributed by atoms with Gasteiger partial charge in [-0.2, -0.15) is 0 Å². The summed E-state index contributed by atoms with van der Waals surface area (Å²) in [7, 11) is 0. The lowest BCUT2D eigenvalue weighted by atomic mass is 9.93. The van der Waals surface area contributed by atoms with Gasteiger partial charge in [-0.25, -0.2) is 0 Å². The largest absolute Gasteiger partial charge is 0.126 e. The molecule has 0 fully saturated rings. The molecule has 0 spiro atoms. The van der Waals surface area contributed by atoms with Crippen LogP contribution in [0.4, 0.5) is 0 Å². The molecule has 2 aromatic rings. The zero-order valence-electron chi connectivity index (χ0n) is 12.0. The topological polar surface area (TPSA) is 0 Å². The predicted molar refractivity (Wildman–Crippen MR) is 89.0 cm³/mol. The molecule has 106 valence electrons. The molecule has 0 nitrogen and oxygen atoms in total. The maximum Gasteiger partial charge on any atom is 0.0406 e. The van der Waals surface area contributed by atoms with Crippen LogP contribution in [-0.2, 0) is 12.8 Å². The first-order valence-electron chi connectivity index (χ1n) is 6.95. The zero-order chi connectivity index (χ0) is 14.5. The van der Waals surface area contributed by atoms with Crippen LogP contribution in [0.2, 0.25) is 5.02 Å². The van der Waals surface area contributed by atoms with E-state index in [0.29, 0.717) is 11.8 Å². The molecule has 0 aliphatic heterocycles. The van der Waals surface area contributed by atoms with Crippen LogP contribution in [0.1, 0.15) is 22.3 Å². The summed E-state index contributed by atoms with van der Waals surface area (Å²) in [6.45, 7) is 4.31. The monoisotopic (exact) mass is 306 g/mol. The van der Waals surface area contributed by atoms with E-state index >= 15 is 0 Å². The minimum Gasteiger partial charge on any atom is -0.126 e. The maximum atomic E-state index is 6.14. The van der Waals surface area contributed by atoms with Gasteiger partial charge in [0.15, 0.2) is 0 Å². The predicted octanol–water partition coefficient (Wildman–Crippen LogP) is 5.60. The molecule has 20 heavy (non-hydrogen) atoms. The average molecular weight is 307 g/mol. The standard InChI is InChI=1S/C18H20Cl2/c1-13-3-4-16(9-14(13)2)11-17(12-19)10-15-5-7-18(20)8-6-15/h3-9,17H,10-12H2,1-2H3. The van der Waals surface area contributed by atoms with Crippen molar-refractivity contribution < 1.29 is 0 Å². The highest BCUT2D eigenvalue weighted by Gasteiger charge is 2.10. The molecule has 2 heteroatoms. The summed E-state index contributed by atoms with van der Waals surface area (Å²) in [5.74, 6) is 1.13. The Morgan fingerprint density at radius 1 is 0.850 bits per heavy atom. The molecule has 2 aromatic carbocycles. The van der Waals surface area contributed by atoms with E-state index < -0.39 is 0 Å². The average Bonchev–Trinajstić information content (AvgIpc) is 2.44. The minimum absolute atomic E-state index is 0.458. The first-order valence-corrected chi connectivity index (χ1v) is 7.86. The number of alkyl halides is 1. The fraction of sp³-hybridized carbons (Fsp3) is 0.333. The van der Waals surface area contributed by atoms with Gasteiger partial charge >= 0.3 is 0 Å². The lowest BCUT2D eigenvalue weighted by Crippen LogP contribution is -2.10. The van der Waals surface area contributed by atoms with E-state index in [0.717, 1.165) is 17.9 Å².